The zero-order chi connectivity index (χ0) is 23.7. The SMILES string of the molecule is COc1ccc([C@H]2C(C(=O)OC(C)C)=C(C)N=c3s/c(=C\c4cccc(Br)c4)c(=O)n32)cc1. The van der Waals surface area contributed by atoms with Crippen LogP contribution in [0.1, 0.15) is 37.9 Å². The minimum absolute atomic E-state index is 0.207. The summed E-state index contributed by atoms with van der Waals surface area (Å²) in [6.07, 6.45) is 1.54. The molecule has 0 saturated heterocycles. The number of fused-ring (bicyclic) bond motifs is 1. The molecule has 0 saturated carbocycles. The Bertz CT molecular complexity index is 1420. The van der Waals surface area contributed by atoms with Gasteiger partial charge in [-0.1, -0.05) is 51.5 Å². The zero-order valence-corrected chi connectivity index (χ0v) is 21.1. The number of rotatable bonds is 5. The smallest absolute Gasteiger partial charge is 0.338 e. The third-order valence-electron chi connectivity index (χ3n) is 5.16. The zero-order valence-electron chi connectivity index (χ0n) is 18.7. The lowest BCUT2D eigenvalue weighted by molar-refractivity contribution is -0.143. The van der Waals surface area contributed by atoms with Gasteiger partial charge in [-0.15, -0.1) is 0 Å². The van der Waals surface area contributed by atoms with E-state index in [2.05, 4.69) is 20.9 Å². The van der Waals surface area contributed by atoms with E-state index in [1.54, 1.807) is 32.4 Å². The molecule has 4 rings (SSSR count). The normalized spacial score (nSPS) is 15.9. The van der Waals surface area contributed by atoms with Gasteiger partial charge in [0.25, 0.3) is 5.56 Å². The van der Waals surface area contributed by atoms with Crippen LogP contribution in [0.4, 0.5) is 0 Å². The Morgan fingerprint density at radius 1 is 1.21 bits per heavy atom. The summed E-state index contributed by atoms with van der Waals surface area (Å²) >= 11 is 4.77. The Hall–Kier alpha value is -2.97. The van der Waals surface area contributed by atoms with Crippen LogP contribution in [-0.2, 0) is 9.53 Å². The molecular weight excluding hydrogens is 504 g/mol. The molecule has 6 nitrogen and oxygen atoms in total. The number of nitrogens with zero attached hydrogens (tertiary/aromatic N) is 2. The Labute approximate surface area is 203 Å². The van der Waals surface area contributed by atoms with Gasteiger partial charge in [-0.2, -0.15) is 0 Å². The quantitative estimate of drug-likeness (QED) is 0.472. The van der Waals surface area contributed by atoms with Crippen molar-refractivity contribution in [2.45, 2.75) is 32.9 Å². The van der Waals surface area contributed by atoms with Gasteiger partial charge in [-0.05, 0) is 62.2 Å². The molecule has 0 aliphatic carbocycles. The van der Waals surface area contributed by atoms with Crippen LogP contribution in [0.15, 0.2) is 74.1 Å². The van der Waals surface area contributed by atoms with Gasteiger partial charge in [-0.25, -0.2) is 9.79 Å². The molecule has 1 aromatic heterocycles. The van der Waals surface area contributed by atoms with E-state index < -0.39 is 12.0 Å². The Balaban J connectivity index is 1.94. The molecule has 8 heteroatoms. The first kappa shape index (κ1) is 23.2. The van der Waals surface area contributed by atoms with Crippen molar-refractivity contribution in [2.75, 3.05) is 7.11 Å². The van der Waals surface area contributed by atoms with Gasteiger partial charge in [-0.3, -0.25) is 9.36 Å². The molecule has 0 fully saturated rings. The van der Waals surface area contributed by atoms with Gasteiger partial charge in [0.15, 0.2) is 4.80 Å². The van der Waals surface area contributed by atoms with E-state index in [0.29, 0.717) is 26.4 Å². The lowest BCUT2D eigenvalue weighted by Gasteiger charge is -2.25. The molecule has 0 bridgehead atoms. The van der Waals surface area contributed by atoms with Gasteiger partial charge in [0.1, 0.15) is 5.75 Å². The number of benzene rings is 2. The summed E-state index contributed by atoms with van der Waals surface area (Å²) in [4.78, 5) is 31.8. The first-order valence-corrected chi connectivity index (χ1v) is 12.0. The third-order valence-corrected chi connectivity index (χ3v) is 6.64. The number of methoxy groups -OCH3 is 1. The molecule has 0 N–H and O–H groups in total. The second-order valence-electron chi connectivity index (χ2n) is 7.86. The first-order valence-electron chi connectivity index (χ1n) is 10.4. The molecule has 1 aliphatic rings. The minimum Gasteiger partial charge on any atom is -0.497 e. The first-order chi connectivity index (χ1) is 15.8. The number of hydrogen-bond acceptors (Lipinski definition) is 6. The lowest BCUT2D eigenvalue weighted by atomic mass is 9.96. The number of hydrogen-bond donors (Lipinski definition) is 0. The Morgan fingerprint density at radius 2 is 1.94 bits per heavy atom. The maximum atomic E-state index is 13.6. The van der Waals surface area contributed by atoms with Crippen LogP contribution < -0.4 is 19.6 Å². The number of esters is 1. The molecule has 1 aliphatic heterocycles. The number of halogens is 1. The number of carbonyl (C=O) groups excluding carboxylic acids is 1. The predicted molar refractivity (Wildman–Crippen MR) is 132 cm³/mol. The van der Waals surface area contributed by atoms with Crippen LogP contribution in [0.25, 0.3) is 6.08 Å². The van der Waals surface area contributed by atoms with Crippen molar-refractivity contribution >= 4 is 39.3 Å². The van der Waals surface area contributed by atoms with Crippen molar-refractivity contribution in [3.05, 3.63) is 95.1 Å². The van der Waals surface area contributed by atoms with E-state index in [1.165, 1.54) is 11.3 Å². The van der Waals surface area contributed by atoms with Gasteiger partial charge < -0.3 is 9.47 Å². The topological polar surface area (TPSA) is 69.9 Å². The lowest BCUT2D eigenvalue weighted by Crippen LogP contribution is -2.40. The molecule has 33 heavy (non-hydrogen) atoms. The largest absolute Gasteiger partial charge is 0.497 e. The number of aromatic nitrogens is 1. The molecular formula is C25H23BrN2O4S. The van der Waals surface area contributed by atoms with E-state index in [4.69, 9.17) is 9.47 Å². The average Bonchev–Trinajstić information content (AvgIpc) is 3.07. The highest BCUT2D eigenvalue weighted by Crippen LogP contribution is 2.31. The van der Waals surface area contributed by atoms with Crippen molar-refractivity contribution in [3.63, 3.8) is 0 Å². The molecule has 1 atom stereocenters. The summed E-state index contributed by atoms with van der Waals surface area (Å²) < 4.78 is 13.8. The molecule has 0 radical (unpaired) electrons. The van der Waals surface area contributed by atoms with E-state index >= 15 is 0 Å². The fourth-order valence-electron chi connectivity index (χ4n) is 3.71. The Morgan fingerprint density at radius 3 is 2.58 bits per heavy atom. The minimum atomic E-state index is -0.650. The van der Waals surface area contributed by atoms with Gasteiger partial charge in [0, 0.05) is 4.47 Å². The number of ether oxygens (including phenoxy) is 2. The molecule has 2 heterocycles. The number of thiazole rings is 1. The monoisotopic (exact) mass is 526 g/mol. The summed E-state index contributed by atoms with van der Waals surface area (Å²) in [5.74, 6) is 0.209. The summed E-state index contributed by atoms with van der Waals surface area (Å²) in [6, 6.07) is 14.4. The molecule has 2 aromatic carbocycles. The van der Waals surface area contributed by atoms with Crippen LogP contribution in [0.5, 0.6) is 5.75 Å². The average molecular weight is 527 g/mol. The highest BCUT2D eigenvalue weighted by atomic mass is 79.9. The van der Waals surface area contributed by atoms with Crippen LogP contribution in [0, 0.1) is 0 Å². The highest BCUT2D eigenvalue weighted by molar-refractivity contribution is 9.10. The molecule has 0 unspecified atom stereocenters. The standard InChI is InChI=1S/C25H23BrN2O4S/c1-14(2)32-24(30)21-15(3)27-25-28(22(21)17-8-10-19(31-4)11-9-17)23(29)20(33-25)13-16-6-5-7-18(26)12-16/h5-14,22H,1-4H3/b20-13-/t22-/m0/s1. The van der Waals surface area contributed by atoms with Gasteiger partial charge in [0.05, 0.1) is 35.1 Å². The van der Waals surface area contributed by atoms with Gasteiger partial charge >= 0.3 is 5.97 Å². The van der Waals surface area contributed by atoms with Crippen LogP contribution in [-0.4, -0.2) is 23.8 Å². The molecule has 0 amide bonds. The summed E-state index contributed by atoms with van der Waals surface area (Å²) in [5, 5.41) is 0. The molecule has 170 valence electrons. The summed E-state index contributed by atoms with van der Waals surface area (Å²) in [5.41, 5.74) is 2.36. The van der Waals surface area contributed by atoms with Crippen molar-refractivity contribution in [2.24, 2.45) is 4.99 Å². The predicted octanol–water partition coefficient (Wildman–Crippen LogP) is 3.96. The molecule has 3 aromatic rings. The van der Waals surface area contributed by atoms with Crippen molar-refractivity contribution < 1.29 is 14.3 Å². The van der Waals surface area contributed by atoms with E-state index in [-0.39, 0.29) is 11.7 Å². The fourth-order valence-corrected chi connectivity index (χ4v) is 5.17. The number of carbonyl (C=O) groups is 1. The second kappa shape index (κ2) is 9.49. The summed E-state index contributed by atoms with van der Waals surface area (Å²) in [7, 11) is 1.59. The molecule has 0 spiro atoms. The summed E-state index contributed by atoms with van der Waals surface area (Å²) in [6.45, 7) is 5.37. The van der Waals surface area contributed by atoms with E-state index in [0.717, 1.165) is 15.6 Å². The van der Waals surface area contributed by atoms with Crippen molar-refractivity contribution in [1.82, 2.24) is 4.57 Å². The van der Waals surface area contributed by atoms with Crippen LogP contribution in [0.2, 0.25) is 0 Å². The van der Waals surface area contributed by atoms with Crippen LogP contribution in [0.3, 0.4) is 0 Å². The van der Waals surface area contributed by atoms with Crippen molar-refractivity contribution in [3.8, 4) is 5.75 Å². The highest BCUT2D eigenvalue weighted by Gasteiger charge is 2.33. The van der Waals surface area contributed by atoms with Gasteiger partial charge in [0.2, 0.25) is 0 Å². The van der Waals surface area contributed by atoms with E-state index in [1.807, 2.05) is 54.6 Å². The van der Waals surface area contributed by atoms with E-state index in [9.17, 15) is 9.59 Å². The Kier molecular flexibility index (Phi) is 6.67. The maximum Gasteiger partial charge on any atom is 0.338 e. The fraction of sp³-hybridized carbons (Fsp3) is 0.240. The van der Waals surface area contributed by atoms with Crippen molar-refractivity contribution in [1.29, 1.82) is 0 Å². The maximum absolute atomic E-state index is 13.6. The number of allylic oxidation sites excluding steroid dienone is 1. The third kappa shape index (κ3) is 4.72. The second-order valence-corrected chi connectivity index (χ2v) is 9.79. The van der Waals surface area contributed by atoms with Crippen LogP contribution >= 0.6 is 27.3 Å².